The van der Waals surface area contributed by atoms with E-state index >= 15 is 0 Å². The van der Waals surface area contributed by atoms with Crippen LogP contribution in [0.5, 0.6) is 0 Å². The molecule has 1 atom stereocenters. The van der Waals surface area contributed by atoms with Crippen molar-refractivity contribution >= 4 is 27.3 Å². The fourth-order valence-corrected chi connectivity index (χ4v) is 3.01. The summed E-state index contributed by atoms with van der Waals surface area (Å²) in [6.07, 6.45) is 0. The quantitative estimate of drug-likeness (QED) is 0.896. The highest BCUT2D eigenvalue weighted by atomic mass is 79.9. The van der Waals surface area contributed by atoms with E-state index in [0.29, 0.717) is 0 Å². The monoisotopic (exact) mass is 303 g/mol. The van der Waals surface area contributed by atoms with Gasteiger partial charge in [0.25, 0.3) is 0 Å². The molecule has 0 aliphatic heterocycles. The van der Waals surface area contributed by atoms with E-state index in [0.717, 1.165) is 28.2 Å². The first-order valence-electron chi connectivity index (χ1n) is 4.51. The van der Waals surface area contributed by atoms with Gasteiger partial charge in [-0.1, -0.05) is 0 Å². The molecule has 0 radical (unpaired) electrons. The number of rotatable bonds is 2. The fourth-order valence-electron chi connectivity index (χ4n) is 1.43. The van der Waals surface area contributed by atoms with Crippen LogP contribution in [0.3, 0.4) is 0 Å². The lowest BCUT2D eigenvalue weighted by Crippen LogP contribution is -2.13. The molecule has 1 nitrogen and oxygen atoms in total. The molecule has 1 aromatic carbocycles. The highest BCUT2D eigenvalue weighted by Gasteiger charge is 2.17. The van der Waals surface area contributed by atoms with E-state index in [1.54, 1.807) is 0 Å². The highest BCUT2D eigenvalue weighted by Crippen LogP contribution is 2.31. The van der Waals surface area contributed by atoms with Gasteiger partial charge >= 0.3 is 0 Å². The third-order valence-corrected chi connectivity index (χ3v) is 4.02. The van der Waals surface area contributed by atoms with E-state index < -0.39 is 17.7 Å². The van der Waals surface area contributed by atoms with Gasteiger partial charge in [0, 0.05) is 15.4 Å². The summed E-state index contributed by atoms with van der Waals surface area (Å²) in [5.41, 5.74) is 6.83. The van der Waals surface area contributed by atoms with Crippen molar-refractivity contribution in [3.63, 3.8) is 0 Å². The van der Waals surface area contributed by atoms with E-state index in [1.807, 2.05) is 10.8 Å². The maximum Gasteiger partial charge on any atom is 0.128 e. The zero-order valence-corrected chi connectivity index (χ0v) is 10.5. The second-order valence-electron chi connectivity index (χ2n) is 3.32. The molecular weight excluding hydrogens is 296 g/mol. The molecule has 0 spiro atoms. The van der Waals surface area contributed by atoms with Crippen LogP contribution in [0.1, 0.15) is 17.2 Å². The Morgan fingerprint density at radius 2 is 1.94 bits per heavy atom. The number of nitrogens with two attached hydrogens (primary N) is 1. The first-order valence-corrected chi connectivity index (χ1v) is 6.25. The summed E-state index contributed by atoms with van der Waals surface area (Å²) < 4.78 is 27.3. The van der Waals surface area contributed by atoms with Crippen molar-refractivity contribution in [3.8, 4) is 0 Å². The van der Waals surface area contributed by atoms with Gasteiger partial charge in [0.15, 0.2) is 0 Å². The van der Waals surface area contributed by atoms with Crippen LogP contribution in [0, 0.1) is 11.6 Å². The SMILES string of the molecule is NC(c1cc(F)ccc1F)c1cscc1Br. The van der Waals surface area contributed by atoms with Gasteiger partial charge in [-0.25, -0.2) is 8.78 Å². The molecule has 0 bridgehead atoms. The minimum Gasteiger partial charge on any atom is -0.320 e. The largest absolute Gasteiger partial charge is 0.320 e. The van der Waals surface area contributed by atoms with Crippen molar-refractivity contribution in [3.05, 3.63) is 56.2 Å². The lowest BCUT2D eigenvalue weighted by Gasteiger charge is -2.12. The molecule has 0 amide bonds. The average Bonchev–Trinajstić information content (AvgIpc) is 2.67. The Morgan fingerprint density at radius 1 is 1.19 bits per heavy atom. The number of halogens is 3. The molecule has 2 N–H and O–H groups in total. The van der Waals surface area contributed by atoms with Crippen molar-refractivity contribution in [2.45, 2.75) is 6.04 Å². The molecule has 0 saturated carbocycles. The van der Waals surface area contributed by atoms with Gasteiger partial charge < -0.3 is 5.73 Å². The molecule has 0 aliphatic carbocycles. The van der Waals surface area contributed by atoms with Crippen LogP contribution in [0.15, 0.2) is 33.4 Å². The van der Waals surface area contributed by atoms with E-state index in [-0.39, 0.29) is 5.56 Å². The van der Waals surface area contributed by atoms with Gasteiger partial charge in [0.05, 0.1) is 6.04 Å². The smallest absolute Gasteiger partial charge is 0.128 e. The lowest BCUT2D eigenvalue weighted by atomic mass is 10.0. The Morgan fingerprint density at radius 3 is 2.56 bits per heavy atom. The van der Waals surface area contributed by atoms with E-state index in [9.17, 15) is 8.78 Å². The Kier molecular flexibility index (Phi) is 3.37. The first-order chi connectivity index (χ1) is 7.59. The van der Waals surface area contributed by atoms with Gasteiger partial charge in [-0.2, -0.15) is 11.3 Å². The molecule has 0 saturated heterocycles. The topological polar surface area (TPSA) is 26.0 Å². The van der Waals surface area contributed by atoms with Gasteiger partial charge in [0.2, 0.25) is 0 Å². The molecule has 1 heterocycles. The maximum atomic E-state index is 13.5. The number of benzene rings is 1. The minimum atomic E-state index is -0.656. The van der Waals surface area contributed by atoms with Crippen molar-refractivity contribution < 1.29 is 8.78 Å². The van der Waals surface area contributed by atoms with Gasteiger partial charge in [-0.05, 0) is 45.1 Å². The average molecular weight is 304 g/mol. The normalized spacial score (nSPS) is 12.8. The fraction of sp³-hybridized carbons (Fsp3) is 0.0909. The summed E-state index contributed by atoms with van der Waals surface area (Å²) in [5.74, 6) is -0.981. The van der Waals surface area contributed by atoms with Crippen molar-refractivity contribution in [1.29, 1.82) is 0 Å². The molecule has 84 valence electrons. The number of hydrogen-bond acceptors (Lipinski definition) is 2. The summed E-state index contributed by atoms with van der Waals surface area (Å²) in [5, 5.41) is 3.67. The summed E-state index contributed by atoms with van der Waals surface area (Å²) in [6, 6.07) is 2.64. The third-order valence-electron chi connectivity index (χ3n) is 2.27. The Hall–Kier alpha value is -0.780. The third kappa shape index (κ3) is 2.16. The zero-order chi connectivity index (χ0) is 11.7. The molecule has 0 fully saturated rings. The highest BCUT2D eigenvalue weighted by molar-refractivity contribution is 9.10. The van der Waals surface area contributed by atoms with Crippen LogP contribution >= 0.6 is 27.3 Å². The molecule has 2 aromatic rings. The molecule has 1 aromatic heterocycles. The van der Waals surface area contributed by atoms with Gasteiger partial charge in [-0.15, -0.1) is 0 Å². The second-order valence-corrected chi connectivity index (χ2v) is 4.92. The molecule has 0 aliphatic rings. The standard InChI is InChI=1S/C11H8BrF2NS/c12-9-5-16-4-8(9)11(15)7-3-6(13)1-2-10(7)14/h1-5,11H,15H2. The molecule has 5 heteroatoms. The van der Waals surface area contributed by atoms with Crippen LogP contribution in [0.25, 0.3) is 0 Å². The zero-order valence-electron chi connectivity index (χ0n) is 8.08. The molecule has 16 heavy (non-hydrogen) atoms. The predicted octanol–water partition coefficient (Wildman–Crippen LogP) is 3.84. The van der Waals surface area contributed by atoms with Crippen LogP contribution in [0.2, 0.25) is 0 Å². The Balaban J connectivity index is 2.45. The predicted molar refractivity (Wildman–Crippen MR) is 64.4 cm³/mol. The van der Waals surface area contributed by atoms with Gasteiger partial charge in [-0.3, -0.25) is 0 Å². The van der Waals surface area contributed by atoms with Crippen LogP contribution in [-0.4, -0.2) is 0 Å². The molecule has 2 rings (SSSR count). The van der Waals surface area contributed by atoms with Crippen LogP contribution in [0.4, 0.5) is 8.78 Å². The van der Waals surface area contributed by atoms with Gasteiger partial charge in [0.1, 0.15) is 11.6 Å². The van der Waals surface area contributed by atoms with E-state index in [1.165, 1.54) is 11.3 Å². The van der Waals surface area contributed by atoms with E-state index in [4.69, 9.17) is 5.73 Å². The summed E-state index contributed by atoms with van der Waals surface area (Å²) in [6.45, 7) is 0. The molecule has 1 unspecified atom stereocenters. The van der Waals surface area contributed by atoms with Crippen molar-refractivity contribution in [1.82, 2.24) is 0 Å². The van der Waals surface area contributed by atoms with Crippen LogP contribution < -0.4 is 5.73 Å². The lowest BCUT2D eigenvalue weighted by molar-refractivity contribution is 0.576. The number of hydrogen-bond donors (Lipinski definition) is 1. The first kappa shape index (κ1) is 11.7. The van der Waals surface area contributed by atoms with Crippen LogP contribution in [-0.2, 0) is 0 Å². The molecular formula is C11H8BrF2NS. The van der Waals surface area contributed by atoms with Crippen molar-refractivity contribution in [2.75, 3.05) is 0 Å². The van der Waals surface area contributed by atoms with E-state index in [2.05, 4.69) is 15.9 Å². The summed E-state index contributed by atoms with van der Waals surface area (Å²) >= 11 is 4.78. The summed E-state index contributed by atoms with van der Waals surface area (Å²) in [4.78, 5) is 0. The Labute approximate surface area is 104 Å². The second kappa shape index (κ2) is 4.61. The summed E-state index contributed by atoms with van der Waals surface area (Å²) in [7, 11) is 0. The number of thiophene rings is 1. The maximum absolute atomic E-state index is 13.5. The van der Waals surface area contributed by atoms with Crippen molar-refractivity contribution in [2.24, 2.45) is 5.73 Å². The Bertz CT molecular complexity index is 512. The minimum absolute atomic E-state index is 0.166.